The zero-order valence-corrected chi connectivity index (χ0v) is 9.95. The predicted octanol–water partition coefficient (Wildman–Crippen LogP) is 3.69. The first-order chi connectivity index (χ1) is 7.84. The lowest BCUT2D eigenvalue weighted by Gasteiger charge is -2.01. The third-order valence-corrected chi connectivity index (χ3v) is 2.51. The molecule has 0 aliphatic rings. The van der Waals surface area contributed by atoms with E-state index in [1.54, 1.807) is 0 Å². The van der Waals surface area contributed by atoms with Gasteiger partial charge in [-0.15, -0.1) is 5.92 Å². The Kier molecular flexibility index (Phi) is 6.37. The second kappa shape index (κ2) is 7.96. The molecule has 0 saturated carbocycles. The summed E-state index contributed by atoms with van der Waals surface area (Å²) in [7, 11) is 0. The standard InChI is InChI=1S/C15H20O/c1-2-3-4-5-6-10-13-15(16)14-11-8-7-9-12-14/h7-9,11-12,15-16H,2-6H2,1H3/t15-/m0/s1. The molecular weight excluding hydrogens is 196 g/mol. The first kappa shape index (κ1) is 12.8. The van der Waals surface area contributed by atoms with Crippen LogP contribution in [0.1, 0.15) is 50.7 Å². The van der Waals surface area contributed by atoms with Gasteiger partial charge in [-0.3, -0.25) is 0 Å². The highest BCUT2D eigenvalue weighted by Gasteiger charge is 2.00. The molecule has 0 heterocycles. The van der Waals surface area contributed by atoms with Crippen LogP contribution < -0.4 is 0 Å². The van der Waals surface area contributed by atoms with Gasteiger partial charge in [0, 0.05) is 6.42 Å². The average Bonchev–Trinajstić information content (AvgIpc) is 2.34. The Bertz CT molecular complexity index is 331. The van der Waals surface area contributed by atoms with Crippen molar-refractivity contribution in [2.45, 2.75) is 45.1 Å². The molecule has 0 aliphatic carbocycles. The van der Waals surface area contributed by atoms with E-state index < -0.39 is 6.10 Å². The second-order valence-electron chi connectivity index (χ2n) is 3.94. The van der Waals surface area contributed by atoms with Gasteiger partial charge in [0.2, 0.25) is 0 Å². The van der Waals surface area contributed by atoms with E-state index in [-0.39, 0.29) is 0 Å². The smallest absolute Gasteiger partial charge is 0.140 e. The molecule has 1 atom stereocenters. The maximum Gasteiger partial charge on any atom is 0.140 e. The van der Waals surface area contributed by atoms with E-state index in [0.29, 0.717) is 0 Å². The van der Waals surface area contributed by atoms with Crippen molar-refractivity contribution in [3.63, 3.8) is 0 Å². The number of aliphatic hydroxyl groups is 1. The van der Waals surface area contributed by atoms with E-state index in [2.05, 4.69) is 18.8 Å². The Morgan fingerprint density at radius 3 is 2.56 bits per heavy atom. The quantitative estimate of drug-likeness (QED) is 0.588. The molecule has 0 bridgehead atoms. The molecule has 0 unspecified atom stereocenters. The summed E-state index contributed by atoms with van der Waals surface area (Å²) in [6, 6.07) is 9.57. The first-order valence-electron chi connectivity index (χ1n) is 6.06. The molecule has 1 N–H and O–H groups in total. The highest BCUT2D eigenvalue weighted by molar-refractivity contribution is 5.24. The van der Waals surface area contributed by atoms with E-state index in [4.69, 9.17) is 0 Å². The van der Waals surface area contributed by atoms with Gasteiger partial charge in [0.1, 0.15) is 6.10 Å². The van der Waals surface area contributed by atoms with E-state index in [0.717, 1.165) is 18.4 Å². The maximum absolute atomic E-state index is 9.75. The summed E-state index contributed by atoms with van der Waals surface area (Å²) in [5, 5.41) is 9.75. The number of rotatable bonds is 5. The number of hydrogen-bond donors (Lipinski definition) is 1. The summed E-state index contributed by atoms with van der Waals surface area (Å²) in [5.41, 5.74) is 0.878. The lowest BCUT2D eigenvalue weighted by Crippen LogP contribution is -1.92. The van der Waals surface area contributed by atoms with Crippen molar-refractivity contribution in [2.75, 3.05) is 0 Å². The summed E-state index contributed by atoms with van der Waals surface area (Å²) >= 11 is 0. The second-order valence-corrected chi connectivity index (χ2v) is 3.94. The van der Waals surface area contributed by atoms with Gasteiger partial charge in [-0.05, 0) is 12.0 Å². The van der Waals surface area contributed by atoms with Gasteiger partial charge in [-0.1, -0.05) is 62.4 Å². The van der Waals surface area contributed by atoms with Crippen LogP contribution in [0.25, 0.3) is 0 Å². The van der Waals surface area contributed by atoms with Crippen LogP contribution in [-0.2, 0) is 0 Å². The molecule has 0 aromatic heterocycles. The Labute approximate surface area is 98.5 Å². The minimum Gasteiger partial charge on any atom is -0.376 e. The molecule has 0 fully saturated rings. The van der Waals surface area contributed by atoms with Crippen molar-refractivity contribution in [1.29, 1.82) is 0 Å². The molecule has 0 radical (unpaired) electrons. The third kappa shape index (κ3) is 5.00. The molecule has 1 aromatic rings. The number of benzene rings is 1. The Hall–Kier alpha value is -1.26. The van der Waals surface area contributed by atoms with Crippen LogP contribution in [0.3, 0.4) is 0 Å². The maximum atomic E-state index is 9.75. The highest BCUT2D eigenvalue weighted by Crippen LogP contribution is 2.10. The van der Waals surface area contributed by atoms with E-state index >= 15 is 0 Å². The van der Waals surface area contributed by atoms with Crippen molar-refractivity contribution < 1.29 is 5.11 Å². The fourth-order valence-corrected chi connectivity index (χ4v) is 1.53. The SMILES string of the molecule is CCCCCCC#C[C@H](O)c1ccccc1. The molecule has 16 heavy (non-hydrogen) atoms. The zero-order valence-electron chi connectivity index (χ0n) is 9.95. The largest absolute Gasteiger partial charge is 0.376 e. The van der Waals surface area contributed by atoms with Gasteiger partial charge in [0.05, 0.1) is 0 Å². The molecule has 0 saturated heterocycles. The van der Waals surface area contributed by atoms with Gasteiger partial charge >= 0.3 is 0 Å². The van der Waals surface area contributed by atoms with E-state index in [1.807, 2.05) is 30.3 Å². The normalized spacial score (nSPS) is 11.6. The van der Waals surface area contributed by atoms with E-state index in [1.165, 1.54) is 19.3 Å². The Morgan fingerprint density at radius 2 is 1.88 bits per heavy atom. The first-order valence-corrected chi connectivity index (χ1v) is 6.06. The average molecular weight is 216 g/mol. The fraction of sp³-hybridized carbons (Fsp3) is 0.467. The van der Waals surface area contributed by atoms with Crippen LogP contribution >= 0.6 is 0 Å². The summed E-state index contributed by atoms with van der Waals surface area (Å²) in [6.07, 6.45) is 5.18. The molecule has 1 heteroatoms. The molecule has 1 rings (SSSR count). The molecule has 0 spiro atoms. The topological polar surface area (TPSA) is 20.2 Å². The minimum atomic E-state index is -0.632. The van der Waals surface area contributed by atoms with Crippen LogP contribution in [0.2, 0.25) is 0 Å². The molecular formula is C15H20O. The van der Waals surface area contributed by atoms with Crippen LogP contribution in [0.4, 0.5) is 0 Å². The van der Waals surface area contributed by atoms with Crippen molar-refractivity contribution >= 4 is 0 Å². The summed E-state index contributed by atoms with van der Waals surface area (Å²) in [5.74, 6) is 5.92. The monoisotopic (exact) mass is 216 g/mol. The van der Waals surface area contributed by atoms with Gasteiger partial charge in [-0.2, -0.15) is 0 Å². The van der Waals surface area contributed by atoms with Gasteiger partial charge in [0.15, 0.2) is 0 Å². The fourth-order valence-electron chi connectivity index (χ4n) is 1.53. The Balaban J connectivity index is 2.29. The summed E-state index contributed by atoms with van der Waals surface area (Å²) in [4.78, 5) is 0. The minimum absolute atomic E-state index is 0.632. The van der Waals surface area contributed by atoms with Gasteiger partial charge in [0.25, 0.3) is 0 Å². The van der Waals surface area contributed by atoms with Crippen molar-refractivity contribution in [3.8, 4) is 11.8 Å². The van der Waals surface area contributed by atoms with Crippen LogP contribution in [0.5, 0.6) is 0 Å². The highest BCUT2D eigenvalue weighted by atomic mass is 16.3. The third-order valence-electron chi connectivity index (χ3n) is 2.51. The molecule has 1 aromatic carbocycles. The lowest BCUT2D eigenvalue weighted by atomic mass is 10.1. The number of hydrogen-bond acceptors (Lipinski definition) is 1. The zero-order chi connectivity index (χ0) is 11.6. The van der Waals surface area contributed by atoms with Crippen molar-refractivity contribution in [2.24, 2.45) is 0 Å². The van der Waals surface area contributed by atoms with Crippen LogP contribution in [0.15, 0.2) is 30.3 Å². The molecule has 0 amide bonds. The predicted molar refractivity (Wildman–Crippen MR) is 67.9 cm³/mol. The summed E-state index contributed by atoms with van der Waals surface area (Å²) in [6.45, 7) is 2.20. The molecule has 86 valence electrons. The Morgan fingerprint density at radius 1 is 1.12 bits per heavy atom. The molecule has 1 nitrogen and oxygen atoms in total. The van der Waals surface area contributed by atoms with E-state index in [9.17, 15) is 5.11 Å². The van der Waals surface area contributed by atoms with Crippen molar-refractivity contribution in [1.82, 2.24) is 0 Å². The van der Waals surface area contributed by atoms with Crippen molar-refractivity contribution in [3.05, 3.63) is 35.9 Å². The lowest BCUT2D eigenvalue weighted by molar-refractivity contribution is 0.238. The number of aliphatic hydroxyl groups excluding tert-OH is 1. The molecule has 0 aliphatic heterocycles. The van der Waals surface area contributed by atoms with Gasteiger partial charge < -0.3 is 5.11 Å². The van der Waals surface area contributed by atoms with Gasteiger partial charge in [-0.25, -0.2) is 0 Å². The number of unbranched alkanes of at least 4 members (excludes halogenated alkanes) is 4. The summed E-state index contributed by atoms with van der Waals surface area (Å²) < 4.78 is 0. The van der Waals surface area contributed by atoms with Crippen LogP contribution in [0, 0.1) is 11.8 Å². The van der Waals surface area contributed by atoms with Crippen LogP contribution in [-0.4, -0.2) is 5.11 Å².